The number of nitrogens with one attached hydrogen (secondary N) is 2. The van der Waals surface area contributed by atoms with Gasteiger partial charge in [-0.2, -0.15) is 0 Å². The first-order chi connectivity index (χ1) is 6.22. The Labute approximate surface area is 76.8 Å². The summed E-state index contributed by atoms with van der Waals surface area (Å²) in [4.78, 5) is 20.4. The van der Waals surface area contributed by atoms with Crippen LogP contribution in [0.4, 0.5) is 0 Å². The highest BCUT2D eigenvalue weighted by Gasteiger charge is 2.13. The Kier molecular flexibility index (Phi) is 6.53. The quantitative estimate of drug-likeness (QED) is 0.267. The molecule has 0 aliphatic heterocycles. The molecule has 0 saturated heterocycles. The summed E-state index contributed by atoms with van der Waals surface area (Å²) in [6, 6.07) is -0.619. The number of amides is 1. The number of carbonyl (C=O) groups is 2. The molecule has 13 heavy (non-hydrogen) atoms. The van der Waals surface area contributed by atoms with Gasteiger partial charge in [-0.05, 0) is 6.42 Å². The smallest absolute Gasteiger partial charge is 0.321 e. The van der Waals surface area contributed by atoms with Crippen molar-refractivity contribution < 1.29 is 14.7 Å². The van der Waals surface area contributed by atoms with E-state index in [0.717, 1.165) is 0 Å². The van der Waals surface area contributed by atoms with Crippen molar-refractivity contribution in [1.82, 2.24) is 10.6 Å². The van der Waals surface area contributed by atoms with Crippen molar-refractivity contribution in [3.63, 3.8) is 0 Å². The molecule has 0 rings (SSSR count). The number of aliphatic carboxylic acids is 1. The third-order valence-electron chi connectivity index (χ3n) is 1.44. The summed E-state index contributed by atoms with van der Waals surface area (Å²) in [5.74, 6) is -0.911. The van der Waals surface area contributed by atoms with E-state index in [1.54, 1.807) is 6.08 Å². The highest BCUT2D eigenvalue weighted by molar-refractivity contribution is 5.73. The van der Waals surface area contributed by atoms with Crippen LogP contribution in [0.25, 0.3) is 0 Å². The monoisotopic (exact) mass is 186 g/mol. The van der Waals surface area contributed by atoms with E-state index in [1.165, 1.54) is 0 Å². The minimum Gasteiger partial charge on any atom is -0.480 e. The fraction of sp³-hybridized carbons (Fsp3) is 0.500. The minimum absolute atomic E-state index is 0.371. The zero-order valence-corrected chi connectivity index (χ0v) is 7.32. The maximum Gasteiger partial charge on any atom is 0.321 e. The molecule has 0 aromatic carbocycles. The van der Waals surface area contributed by atoms with Crippen LogP contribution in [0.3, 0.4) is 0 Å². The molecule has 0 spiro atoms. The average molecular weight is 186 g/mol. The predicted octanol–water partition coefficient (Wildman–Crippen LogP) is -0.649. The average Bonchev–Trinajstić information content (AvgIpc) is 2.10. The number of hydrogen-bond donors (Lipinski definition) is 3. The molecule has 0 aliphatic carbocycles. The second kappa shape index (κ2) is 7.30. The molecule has 0 saturated carbocycles. The summed E-state index contributed by atoms with van der Waals surface area (Å²) in [5, 5.41) is 13.8. The van der Waals surface area contributed by atoms with Crippen LogP contribution in [0.5, 0.6) is 0 Å². The van der Waals surface area contributed by atoms with Gasteiger partial charge in [-0.25, -0.2) is 0 Å². The van der Waals surface area contributed by atoms with Gasteiger partial charge in [-0.15, -0.1) is 6.58 Å². The van der Waals surface area contributed by atoms with Crippen LogP contribution in [-0.4, -0.2) is 36.6 Å². The lowest BCUT2D eigenvalue weighted by Crippen LogP contribution is -2.39. The zero-order chi connectivity index (χ0) is 10.1. The molecule has 0 aromatic rings. The van der Waals surface area contributed by atoms with Crippen molar-refractivity contribution in [3.05, 3.63) is 12.7 Å². The molecule has 74 valence electrons. The fourth-order valence-corrected chi connectivity index (χ4v) is 0.816. The van der Waals surface area contributed by atoms with Crippen molar-refractivity contribution in [2.75, 3.05) is 13.1 Å². The molecular formula is C8H14N2O3. The van der Waals surface area contributed by atoms with Crippen LogP contribution in [0.1, 0.15) is 6.42 Å². The van der Waals surface area contributed by atoms with E-state index in [0.29, 0.717) is 25.9 Å². The zero-order valence-electron chi connectivity index (χ0n) is 7.32. The first-order valence-electron chi connectivity index (χ1n) is 3.96. The van der Waals surface area contributed by atoms with Crippen molar-refractivity contribution >= 4 is 12.4 Å². The maximum atomic E-state index is 10.6. The van der Waals surface area contributed by atoms with Gasteiger partial charge >= 0.3 is 5.97 Å². The van der Waals surface area contributed by atoms with Crippen LogP contribution >= 0.6 is 0 Å². The van der Waals surface area contributed by atoms with Crippen molar-refractivity contribution in [2.45, 2.75) is 12.5 Å². The second-order valence-corrected chi connectivity index (χ2v) is 2.44. The highest BCUT2D eigenvalue weighted by atomic mass is 16.4. The van der Waals surface area contributed by atoms with Gasteiger partial charge in [0.05, 0.1) is 0 Å². The largest absolute Gasteiger partial charge is 0.480 e. The number of carbonyl (C=O) groups excluding carboxylic acids is 1. The lowest BCUT2D eigenvalue weighted by Gasteiger charge is -2.11. The molecule has 3 N–H and O–H groups in total. The lowest BCUT2D eigenvalue weighted by molar-refractivity contribution is -0.139. The number of carboxylic acids is 1. The summed E-state index contributed by atoms with van der Waals surface area (Å²) in [7, 11) is 0. The summed E-state index contributed by atoms with van der Waals surface area (Å²) in [6.07, 6.45) is 2.49. The van der Waals surface area contributed by atoms with Crippen LogP contribution in [0.2, 0.25) is 0 Å². The van der Waals surface area contributed by atoms with E-state index in [2.05, 4.69) is 17.2 Å². The number of hydrogen-bond acceptors (Lipinski definition) is 3. The Bertz CT molecular complexity index is 182. The van der Waals surface area contributed by atoms with E-state index in [4.69, 9.17) is 5.11 Å². The van der Waals surface area contributed by atoms with Crippen molar-refractivity contribution in [1.29, 1.82) is 0 Å². The maximum absolute atomic E-state index is 10.6. The Hall–Kier alpha value is -1.36. The molecule has 0 aliphatic rings. The van der Waals surface area contributed by atoms with Gasteiger partial charge < -0.3 is 15.7 Å². The van der Waals surface area contributed by atoms with Gasteiger partial charge in [0.1, 0.15) is 6.04 Å². The Balaban J connectivity index is 3.62. The topological polar surface area (TPSA) is 78.4 Å². The van der Waals surface area contributed by atoms with Gasteiger partial charge in [-0.3, -0.25) is 9.59 Å². The molecule has 0 radical (unpaired) electrons. The van der Waals surface area contributed by atoms with E-state index in [-0.39, 0.29) is 0 Å². The van der Waals surface area contributed by atoms with E-state index < -0.39 is 12.0 Å². The number of carboxylic acid groups (broad SMARTS) is 1. The Morgan fingerprint density at radius 1 is 1.54 bits per heavy atom. The minimum atomic E-state index is -0.911. The van der Waals surface area contributed by atoms with Gasteiger partial charge in [0.2, 0.25) is 6.41 Å². The SMILES string of the molecule is C=CCC(NCCNC=O)C(=O)O. The van der Waals surface area contributed by atoms with Crippen molar-refractivity contribution in [2.24, 2.45) is 0 Å². The van der Waals surface area contributed by atoms with Gasteiger partial charge in [0, 0.05) is 13.1 Å². The molecule has 0 heterocycles. The number of rotatable bonds is 8. The summed E-state index contributed by atoms with van der Waals surface area (Å²) in [6.45, 7) is 4.31. The molecule has 1 amide bonds. The summed E-state index contributed by atoms with van der Waals surface area (Å²) in [5.41, 5.74) is 0. The molecule has 0 bridgehead atoms. The third kappa shape index (κ3) is 5.86. The molecular weight excluding hydrogens is 172 g/mol. The van der Waals surface area contributed by atoms with E-state index in [1.807, 2.05) is 0 Å². The van der Waals surface area contributed by atoms with Crippen LogP contribution in [0.15, 0.2) is 12.7 Å². The molecule has 5 heteroatoms. The predicted molar refractivity (Wildman–Crippen MR) is 48.3 cm³/mol. The van der Waals surface area contributed by atoms with Crippen LogP contribution in [0, 0.1) is 0 Å². The normalized spacial score (nSPS) is 11.7. The van der Waals surface area contributed by atoms with E-state index >= 15 is 0 Å². The van der Waals surface area contributed by atoms with Crippen molar-refractivity contribution in [3.8, 4) is 0 Å². The fourth-order valence-electron chi connectivity index (χ4n) is 0.816. The highest BCUT2D eigenvalue weighted by Crippen LogP contribution is 1.91. The third-order valence-corrected chi connectivity index (χ3v) is 1.44. The molecule has 1 unspecified atom stereocenters. The molecule has 0 fully saturated rings. The van der Waals surface area contributed by atoms with Crippen LogP contribution in [-0.2, 0) is 9.59 Å². The molecule has 0 aromatic heterocycles. The first-order valence-corrected chi connectivity index (χ1v) is 3.96. The Morgan fingerprint density at radius 3 is 2.69 bits per heavy atom. The van der Waals surface area contributed by atoms with Gasteiger partial charge in [-0.1, -0.05) is 6.08 Å². The summed E-state index contributed by atoms with van der Waals surface area (Å²) < 4.78 is 0. The van der Waals surface area contributed by atoms with E-state index in [9.17, 15) is 9.59 Å². The van der Waals surface area contributed by atoms with Gasteiger partial charge in [0.15, 0.2) is 0 Å². The first kappa shape index (κ1) is 11.6. The lowest BCUT2D eigenvalue weighted by atomic mass is 10.2. The standard InChI is InChI=1S/C8H14N2O3/c1-2-3-7(8(12)13)10-5-4-9-6-11/h2,6-7,10H,1,3-5H2,(H,9,11)(H,12,13). The summed E-state index contributed by atoms with van der Waals surface area (Å²) >= 11 is 0. The van der Waals surface area contributed by atoms with Crippen LogP contribution < -0.4 is 10.6 Å². The second-order valence-electron chi connectivity index (χ2n) is 2.44. The van der Waals surface area contributed by atoms with Gasteiger partial charge in [0.25, 0.3) is 0 Å². The Morgan fingerprint density at radius 2 is 2.23 bits per heavy atom. The molecule has 5 nitrogen and oxygen atoms in total. The molecule has 1 atom stereocenters.